The van der Waals surface area contributed by atoms with Gasteiger partial charge in [-0.15, -0.1) is 0 Å². The summed E-state index contributed by atoms with van der Waals surface area (Å²) in [5, 5.41) is 0. The fourth-order valence-electron chi connectivity index (χ4n) is 7.58. The van der Waals surface area contributed by atoms with E-state index >= 15 is 0 Å². The van der Waals surface area contributed by atoms with Gasteiger partial charge in [-0.25, -0.2) is 0 Å². The fourth-order valence-corrected chi connectivity index (χ4v) is 7.58. The highest BCUT2D eigenvalue weighted by atomic mass is 16.6. The third kappa shape index (κ3) is 53.0. The number of ether oxygens (including phenoxy) is 3. The third-order valence-electron chi connectivity index (χ3n) is 11.7. The van der Waals surface area contributed by atoms with Crippen molar-refractivity contribution in [2.45, 2.75) is 252 Å². The van der Waals surface area contributed by atoms with Gasteiger partial charge in [-0.05, 0) is 64.2 Å². The van der Waals surface area contributed by atoms with E-state index in [-0.39, 0.29) is 31.1 Å². The van der Waals surface area contributed by atoms with Gasteiger partial charge in [0.25, 0.3) is 0 Å². The van der Waals surface area contributed by atoms with E-state index in [0.29, 0.717) is 19.3 Å². The Kier molecular flexibility index (Phi) is 52.4. The lowest BCUT2D eigenvalue weighted by Crippen LogP contribution is -2.30. The Morgan fingerprint density at radius 2 is 0.647 bits per heavy atom. The minimum Gasteiger partial charge on any atom is -0.462 e. The first-order chi connectivity index (χ1) is 33.5. The second kappa shape index (κ2) is 55.7. The molecule has 0 fully saturated rings. The summed E-state index contributed by atoms with van der Waals surface area (Å²) in [7, 11) is 0. The maximum atomic E-state index is 12.9. The Bertz CT molecular complexity index is 1410. The van der Waals surface area contributed by atoms with Crippen molar-refractivity contribution >= 4 is 17.9 Å². The summed E-state index contributed by atoms with van der Waals surface area (Å²) >= 11 is 0. The number of allylic oxidation sites excluding steroid dienone is 18. The Morgan fingerprint density at radius 1 is 0.324 bits per heavy atom. The second-order valence-electron chi connectivity index (χ2n) is 18.3. The molecule has 0 radical (unpaired) electrons. The van der Waals surface area contributed by atoms with Crippen LogP contribution in [0.3, 0.4) is 0 Å². The van der Waals surface area contributed by atoms with Crippen LogP contribution >= 0.6 is 0 Å². The van der Waals surface area contributed by atoms with E-state index in [1.165, 1.54) is 103 Å². The zero-order chi connectivity index (χ0) is 49.3. The van der Waals surface area contributed by atoms with Gasteiger partial charge in [0.1, 0.15) is 13.2 Å². The molecule has 0 aromatic carbocycles. The normalized spacial score (nSPS) is 12.9. The predicted molar refractivity (Wildman–Crippen MR) is 293 cm³/mol. The van der Waals surface area contributed by atoms with Crippen LogP contribution in [0.25, 0.3) is 0 Å². The molecule has 386 valence electrons. The number of rotatable bonds is 49. The minimum atomic E-state index is -0.803. The van der Waals surface area contributed by atoms with Gasteiger partial charge in [0, 0.05) is 19.3 Å². The summed E-state index contributed by atoms with van der Waals surface area (Å²) < 4.78 is 16.8. The van der Waals surface area contributed by atoms with Crippen molar-refractivity contribution in [2.75, 3.05) is 13.2 Å². The molecule has 6 heteroatoms. The lowest BCUT2D eigenvalue weighted by atomic mass is 10.0. The summed E-state index contributed by atoms with van der Waals surface area (Å²) in [5.41, 5.74) is 0. The number of hydrogen-bond acceptors (Lipinski definition) is 6. The first-order valence-corrected chi connectivity index (χ1v) is 28.0. The molecule has 0 aliphatic carbocycles. The Hall–Kier alpha value is -3.93. The van der Waals surface area contributed by atoms with E-state index in [2.05, 4.69) is 57.2 Å². The highest BCUT2D eigenvalue weighted by molar-refractivity contribution is 5.71. The van der Waals surface area contributed by atoms with Gasteiger partial charge in [-0.2, -0.15) is 0 Å². The Balaban J connectivity index is 4.46. The average Bonchev–Trinajstić information content (AvgIpc) is 3.34. The van der Waals surface area contributed by atoms with Crippen LogP contribution in [0.15, 0.2) is 109 Å². The van der Waals surface area contributed by atoms with Crippen LogP contribution in [-0.2, 0) is 28.6 Å². The van der Waals surface area contributed by atoms with Gasteiger partial charge in [0.2, 0.25) is 0 Å². The van der Waals surface area contributed by atoms with Crippen LogP contribution in [0.1, 0.15) is 245 Å². The molecule has 0 aliphatic rings. The largest absolute Gasteiger partial charge is 0.462 e. The third-order valence-corrected chi connectivity index (χ3v) is 11.7. The highest BCUT2D eigenvalue weighted by Crippen LogP contribution is 2.16. The average molecular weight is 943 g/mol. The molecule has 1 atom stereocenters. The first-order valence-electron chi connectivity index (χ1n) is 28.0. The van der Waals surface area contributed by atoms with Crippen molar-refractivity contribution in [2.24, 2.45) is 0 Å². The van der Waals surface area contributed by atoms with Crippen molar-refractivity contribution in [1.82, 2.24) is 0 Å². The molecule has 1 unspecified atom stereocenters. The number of esters is 3. The molecule has 0 heterocycles. The molecule has 0 spiro atoms. The monoisotopic (exact) mass is 943 g/mol. The zero-order valence-corrected chi connectivity index (χ0v) is 44.1. The molecule has 0 saturated carbocycles. The molecule has 68 heavy (non-hydrogen) atoms. The standard InChI is InChI=1S/C62H102O6/c1-4-7-10-13-16-19-22-25-27-29-31-33-35-37-40-43-46-49-52-55-61(64)67-58-59(57-66-60(63)54-51-48-45-42-39-24-21-18-15-12-9-6-3)68-62(65)56-53-50-47-44-41-38-36-34-32-30-28-26-23-20-17-14-11-8-5-2/h7,9-10,12-13,16,18-19,21-22,25,27,29,31,33,35,37,40,59H,4-6,8,11,14-15,17,20,23-24,26,28,30,32,34,36,38-39,41-58H2,1-3H3/b10-7-,12-9-,16-13-,21-18-,22-19-,27-25-,31-29+,35-33-,40-37-. The second-order valence-corrected chi connectivity index (χ2v) is 18.3. The van der Waals surface area contributed by atoms with E-state index in [1.54, 1.807) is 0 Å². The van der Waals surface area contributed by atoms with Gasteiger partial charge in [0.15, 0.2) is 6.10 Å². The highest BCUT2D eigenvalue weighted by Gasteiger charge is 2.19. The van der Waals surface area contributed by atoms with Crippen LogP contribution in [0.4, 0.5) is 0 Å². The van der Waals surface area contributed by atoms with Crippen LogP contribution in [-0.4, -0.2) is 37.2 Å². The van der Waals surface area contributed by atoms with E-state index < -0.39 is 6.10 Å². The predicted octanol–water partition coefficient (Wildman–Crippen LogP) is 18.7. The van der Waals surface area contributed by atoms with Crippen molar-refractivity contribution < 1.29 is 28.6 Å². The van der Waals surface area contributed by atoms with Crippen LogP contribution in [0.5, 0.6) is 0 Å². The molecule has 0 aromatic rings. The van der Waals surface area contributed by atoms with E-state index in [1.807, 2.05) is 72.9 Å². The lowest BCUT2D eigenvalue weighted by Gasteiger charge is -2.18. The van der Waals surface area contributed by atoms with Crippen LogP contribution in [0.2, 0.25) is 0 Å². The number of carbonyl (C=O) groups excluding carboxylic acids is 3. The van der Waals surface area contributed by atoms with Crippen molar-refractivity contribution in [3.05, 3.63) is 109 Å². The molecule has 0 N–H and O–H groups in total. The Labute approximate surface area is 419 Å². The van der Waals surface area contributed by atoms with Crippen molar-refractivity contribution in [3.8, 4) is 0 Å². The molecule has 0 rings (SSSR count). The van der Waals surface area contributed by atoms with Gasteiger partial charge in [-0.3, -0.25) is 14.4 Å². The number of carbonyl (C=O) groups is 3. The van der Waals surface area contributed by atoms with Crippen LogP contribution < -0.4 is 0 Å². The smallest absolute Gasteiger partial charge is 0.306 e. The molecule has 0 saturated heterocycles. The lowest BCUT2D eigenvalue weighted by molar-refractivity contribution is -0.167. The van der Waals surface area contributed by atoms with Crippen LogP contribution in [0, 0.1) is 0 Å². The summed E-state index contributed by atoms with van der Waals surface area (Å²) in [5.74, 6) is -0.958. The van der Waals surface area contributed by atoms with E-state index in [9.17, 15) is 14.4 Å². The van der Waals surface area contributed by atoms with Gasteiger partial charge in [-0.1, -0.05) is 271 Å². The summed E-state index contributed by atoms with van der Waals surface area (Å²) in [6.07, 6.45) is 75.1. The molecule has 0 aliphatic heterocycles. The van der Waals surface area contributed by atoms with Gasteiger partial charge >= 0.3 is 17.9 Å². The summed E-state index contributed by atoms with van der Waals surface area (Å²) in [6.45, 7) is 6.34. The molecule has 6 nitrogen and oxygen atoms in total. The quantitative estimate of drug-likeness (QED) is 0.0199. The summed E-state index contributed by atoms with van der Waals surface area (Å²) in [6, 6.07) is 0. The molecular weight excluding hydrogens is 841 g/mol. The van der Waals surface area contributed by atoms with E-state index in [4.69, 9.17) is 14.2 Å². The topological polar surface area (TPSA) is 78.9 Å². The maximum Gasteiger partial charge on any atom is 0.306 e. The SMILES string of the molecule is CC\C=C/C=C\C=C/C=C\C=C\C=C/C=C\CCCCCC(=O)OCC(COC(=O)CCCCCCC/C=C\C/C=C\CC)OC(=O)CCCCCCCCCCCCCCCCCCCCC. The Morgan fingerprint density at radius 3 is 1.07 bits per heavy atom. The van der Waals surface area contributed by atoms with Gasteiger partial charge in [0.05, 0.1) is 0 Å². The van der Waals surface area contributed by atoms with Crippen molar-refractivity contribution in [1.29, 1.82) is 0 Å². The summed E-state index contributed by atoms with van der Waals surface area (Å²) in [4.78, 5) is 38.1. The first kappa shape index (κ1) is 64.1. The fraction of sp³-hybridized carbons (Fsp3) is 0.661. The van der Waals surface area contributed by atoms with Gasteiger partial charge < -0.3 is 14.2 Å². The molecule has 0 aromatic heterocycles. The zero-order valence-electron chi connectivity index (χ0n) is 44.1. The van der Waals surface area contributed by atoms with Crippen molar-refractivity contribution in [3.63, 3.8) is 0 Å². The molecule has 0 amide bonds. The maximum absolute atomic E-state index is 12.9. The molecular formula is C62H102O6. The molecule has 0 bridgehead atoms. The number of hydrogen-bond donors (Lipinski definition) is 0. The number of unbranched alkanes of at least 4 members (excludes halogenated alkanes) is 26. The minimum absolute atomic E-state index is 0.101. The van der Waals surface area contributed by atoms with E-state index in [0.717, 1.165) is 103 Å².